The van der Waals surface area contributed by atoms with E-state index in [1.807, 2.05) is 26.0 Å². The largest absolute Gasteiger partial charge is 0.379 e. The number of aromatic nitrogens is 1. The number of aryl methyl sites for hydroxylation is 2. The highest BCUT2D eigenvalue weighted by atomic mass is 35.5. The number of nitrogens with one attached hydrogen (secondary N) is 1. The van der Waals surface area contributed by atoms with Crippen molar-refractivity contribution >= 4 is 11.6 Å². The SMILES string of the molecule is Cc1noc(C)c1CNCC(c1cccc(Cl)c1)N1CCOCC1. The number of benzene rings is 1. The zero-order valence-corrected chi connectivity index (χ0v) is 15.0. The van der Waals surface area contributed by atoms with Crippen molar-refractivity contribution in [3.63, 3.8) is 0 Å². The van der Waals surface area contributed by atoms with E-state index >= 15 is 0 Å². The van der Waals surface area contributed by atoms with Gasteiger partial charge in [0.2, 0.25) is 0 Å². The van der Waals surface area contributed by atoms with E-state index in [0.717, 1.165) is 61.4 Å². The lowest BCUT2D eigenvalue weighted by atomic mass is 10.0. The summed E-state index contributed by atoms with van der Waals surface area (Å²) in [6, 6.07) is 8.40. The molecule has 0 spiro atoms. The molecular weight excluding hydrogens is 326 g/mol. The van der Waals surface area contributed by atoms with Crippen molar-refractivity contribution in [1.82, 2.24) is 15.4 Å². The monoisotopic (exact) mass is 349 g/mol. The third-order valence-electron chi connectivity index (χ3n) is 4.54. The first-order valence-electron chi connectivity index (χ1n) is 8.35. The van der Waals surface area contributed by atoms with Gasteiger partial charge in [0.05, 0.1) is 18.9 Å². The first-order chi connectivity index (χ1) is 11.6. The Morgan fingerprint density at radius 3 is 2.75 bits per heavy atom. The van der Waals surface area contributed by atoms with E-state index in [-0.39, 0.29) is 6.04 Å². The van der Waals surface area contributed by atoms with Gasteiger partial charge in [-0.2, -0.15) is 0 Å². The van der Waals surface area contributed by atoms with Crippen LogP contribution in [0.2, 0.25) is 5.02 Å². The molecule has 130 valence electrons. The van der Waals surface area contributed by atoms with Gasteiger partial charge in [-0.05, 0) is 31.5 Å². The van der Waals surface area contributed by atoms with Crippen LogP contribution in [0.5, 0.6) is 0 Å². The predicted molar refractivity (Wildman–Crippen MR) is 94.3 cm³/mol. The second-order valence-electron chi connectivity index (χ2n) is 6.15. The Kier molecular flexibility index (Phi) is 5.89. The Morgan fingerprint density at radius 1 is 1.29 bits per heavy atom. The van der Waals surface area contributed by atoms with Crippen molar-refractivity contribution in [3.8, 4) is 0 Å². The van der Waals surface area contributed by atoms with Crippen LogP contribution in [0.1, 0.15) is 28.6 Å². The second-order valence-corrected chi connectivity index (χ2v) is 6.59. The Balaban J connectivity index is 1.70. The summed E-state index contributed by atoms with van der Waals surface area (Å²) in [5.41, 5.74) is 3.32. The summed E-state index contributed by atoms with van der Waals surface area (Å²) < 4.78 is 10.7. The summed E-state index contributed by atoms with van der Waals surface area (Å²) in [5, 5.41) is 8.35. The van der Waals surface area contributed by atoms with Crippen LogP contribution < -0.4 is 5.32 Å². The molecule has 0 aliphatic carbocycles. The van der Waals surface area contributed by atoms with Crippen molar-refractivity contribution in [2.45, 2.75) is 26.4 Å². The van der Waals surface area contributed by atoms with Gasteiger partial charge in [-0.1, -0.05) is 28.9 Å². The van der Waals surface area contributed by atoms with Crippen molar-refractivity contribution in [2.75, 3.05) is 32.8 Å². The standard InChI is InChI=1S/C18H24ClN3O2/c1-13-17(14(2)24-21-13)11-20-12-18(22-6-8-23-9-7-22)15-4-3-5-16(19)10-15/h3-5,10,18,20H,6-9,11-12H2,1-2H3. The van der Waals surface area contributed by atoms with Gasteiger partial charge in [-0.15, -0.1) is 0 Å². The van der Waals surface area contributed by atoms with Gasteiger partial charge in [0.25, 0.3) is 0 Å². The van der Waals surface area contributed by atoms with Gasteiger partial charge >= 0.3 is 0 Å². The van der Waals surface area contributed by atoms with E-state index in [4.69, 9.17) is 20.9 Å². The first-order valence-corrected chi connectivity index (χ1v) is 8.72. The Labute approximate surface area is 147 Å². The molecule has 1 aromatic carbocycles. The fourth-order valence-electron chi connectivity index (χ4n) is 3.15. The summed E-state index contributed by atoms with van der Waals surface area (Å²) in [6.45, 7) is 8.95. The zero-order valence-electron chi connectivity index (χ0n) is 14.2. The zero-order chi connectivity index (χ0) is 16.9. The Hall–Kier alpha value is -1.40. The lowest BCUT2D eigenvalue weighted by molar-refractivity contribution is 0.0161. The molecule has 1 saturated heterocycles. The fourth-order valence-corrected chi connectivity index (χ4v) is 3.35. The lowest BCUT2D eigenvalue weighted by Gasteiger charge is -2.35. The van der Waals surface area contributed by atoms with Crippen molar-refractivity contribution < 1.29 is 9.26 Å². The second kappa shape index (κ2) is 8.12. The minimum atomic E-state index is 0.271. The molecule has 0 amide bonds. The van der Waals surface area contributed by atoms with Gasteiger partial charge < -0.3 is 14.6 Å². The summed E-state index contributed by atoms with van der Waals surface area (Å²) >= 11 is 6.20. The maximum atomic E-state index is 6.20. The fraction of sp³-hybridized carbons (Fsp3) is 0.500. The smallest absolute Gasteiger partial charge is 0.138 e. The molecule has 6 heteroatoms. The van der Waals surface area contributed by atoms with Crippen LogP contribution in [-0.2, 0) is 11.3 Å². The minimum absolute atomic E-state index is 0.271. The average molecular weight is 350 g/mol. The molecule has 1 unspecified atom stereocenters. The molecule has 0 saturated carbocycles. The van der Waals surface area contributed by atoms with E-state index < -0.39 is 0 Å². The summed E-state index contributed by atoms with van der Waals surface area (Å²) in [7, 11) is 0. The van der Waals surface area contributed by atoms with Crippen molar-refractivity contribution in [3.05, 3.63) is 51.9 Å². The van der Waals surface area contributed by atoms with Gasteiger partial charge in [0.1, 0.15) is 5.76 Å². The lowest BCUT2D eigenvalue weighted by Crippen LogP contribution is -2.42. The number of ether oxygens (including phenoxy) is 1. The Morgan fingerprint density at radius 2 is 2.08 bits per heavy atom. The highest BCUT2D eigenvalue weighted by Gasteiger charge is 2.23. The molecule has 0 radical (unpaired) electrons. The first kappa shape index (κ1) is 17.4. The molecule has 1 N–H and O–H groups in total. The van der Waals surface area contributed by atoms with Crippen LogP contribution in [-0.4, -0.2) is 42.9 Å². The molecule has 2 heterocycles. The molecule has 0 bridgehead atoms. The van der Waals surface area contributed by atoms with E-state index in [2.05, 4.69) is 27.5 Å². The van der Waals surface area contributed by atoms with E-state index in [9.17, 15) is 0 Å². The Bertz CT molecular complexity index is 649. The molecule has 1 atom stereocenters. The van der Waals surface area contributed by atoms with Crippen LogP contribution in [0, 0.1) is 13.8 Å². The van der Waals surface area contributed by atoms with Crippen molar-refractivity contribution in [2.24, 2.45) is 0 Å². The number of hydrogen-bond donors (Lipinski definition) is 1. The molecule has 1 aromatic heterocycles. The summed E-state index contributed by atoms with van der Waals surface area (Å²) in [5.74, 6) is 0.880. The number of hydrogen-bond acceptors (Lipinski definition) is 5. The molecule has 1 fully saturated rings. The molecule has 24 heavy (non-hydrogen) atoms. The van der Waals surface area contributed by atoms with Gasteiger partial charge in [-0.3, -0.25) is 4.90 Å². The molecule has 3 rings (SSSR count). The number of rotatable bonds is 6. The summed E-state index contributed by atoms with van der Waals surface area (Å²) in [4.78, 5) is 2.45. The average Bonchev–Trinajstić information content (AvgIpc) is 2.91. The van der Waals surface area contributed by atoms with Crippen molar-refractivity contribution in [1.29, 1.82) is 0 Å². The molecular formula is C18H24ClN3O2. The molecule has 2 aromatic rings. The normalized spacial score (nSPS) is 17.1. The predicted octanol–water partition coefficient (Wildman–Crippen LogP) is 3.11. The third-order valence-corrected chi connectivity index (χ3v) is 4.78. The van der Waals surface area contributed by atoms with Gasteiger partial charge in [-0.25, -0.2) is 0 Å². The third kappa shape index (κ3) is 4.16. The molecule has 1 aliphatic heterocycles. The number of morpholine rings is 1. The molecule has 5 nitrogen and oxygen atoms in total. The highest BCUT2D eigenvalue weighted by Crippen LogP contribution is 2.24. The topological polar surface area (TPSA) is 50.5 Å². The van der Waals surface area contributed by atoms with Crippen LogP contribution in [0.25, 0.3) is 0 Å². The highest BCUT2D eigenvalue weighted by molar-refractivity contribution is 6.30. The maximum Gasteiger partial charge on any atom is 0.138 e. The van der Waals surface area contributed by atoms with Crippen LogP contribution in [0.4, 0.5) is 0 Å². The number of nitrogens with zero attached hydrogens (tertiary/aromatic N) is 2. The van der Waals surface area contributed by atoms with Gasteiger partial charge in [0.15, 0.2) is 0 Å². The van der Waals surface area contributed by atoms with E-state index in [1.165, 1.54) is 5.56 Å². The summed E-state index contributed by atoms with van der Waals surface area (Å²) in [6.07, 6.45) is 0. The minimum Gasteiger partial charge on any atom is -0.379 e. The maximum absolute atomic E-state index is 6.20. The van der Waals surface area contributed by atoms with E-state index in [1.54, 1.807) is 0 Å². The van der Waals surface area contributed by atoms with Crippen LogP contribution in [0.3, 0.4) is 0 Å². The van der Waals surface area contributed by atoms with E-state index in [0.29, 0.717) is 0 Å². The number of halogens is 1. The van der Waals surface area contributed by atoms with Crippen LogP contribution >= 0.6 is 11.6 Å². The quantitative estimate of drug-likeness (QED) is 0.868. The van der Waals surface area contributed by atoms with Gasteiger partial charge in [0, 0.05) is 42.8 Å². The van der Waals surface area contributed by atoms with Crippen LogP contribution in [0.15, 0.2) is 28.8 Å². The molecule has 1 aliphatic rings.